The van der Waals surface area contributed by atoms with Gasteiger partial charge in [-0.2, -0.15) is 0 Å². The third-order valence-corrected chi connectivity index (χ3v) is 4.86. The van der Waals surface area contributed by atoms with Gasteiger partial charge >= 0.3 is 6.03 Å². The predicted octanol–water partition coefficient (Wildman–Crippen LogP) is 2.97. The van der Waals surface area contributed by atoms with Gasteiger partial charge in [0.15, 0.2) is 0 Å². The highest BCUT2D eigenvalue weighted by molar-refractivity contribution is 6.35. The lowest BCUT2D eigenvalue weighted by molar-refractivity contribution is -0.110. The van der Waals surface area contributed by atoms with Gasteiger partial charge in [0.25, 0.3) is 11.8 Å². The minimum Gasteiger partial charge on any atom is -0.497 e. The summed E-state index contributed by atoms with van der Waals surface area (Å²) < 4.78 is 5.11. The van der Waals surface area contributed by atoms with E-state index in [9.17, 15) is 19.5 Å². The molecular formula is C23H20N4O5. The quantitative estimate of drug-likeness (QED) is 0.396. The summed E-state index contributed by atoms with van der Waals surface area (Å²) in [7, 11) is 1.44. The van der Waals surface area contributed by atoms with Crippen LogP contribution in [0, 0.1) is 0 Å². The molecule has 4 rings (SSSR count). The van der Waals surface area contributed by atoms with E-state index in [0.717, 1.165) is 5.69 Å². The maximum Gasteiger partial charge on any atom is 0.326 e. The molecule has 162 valence electrons. The normalized spacial score (nSPS) is 13.4. The van der Waals surface area contributed by atoms with Gasteiger partial charge < -0.3 is 25.5 Å². The van der Waals surface area contributed by atoms with Gasteiger partial charge in [-0.3, -0.25) is 14.9 Å². The van der Waals surface area contributed by atoms with Crippen molar-refractivity contribution in [2.24, 2.45) is 0 Å². The summed E-state index contributed by atoms with van der Waals surface area (Å²) in [4.78, 5) is 40.1. The number of ether oxygens (including phenoxy) is 1. The summed E-state index contributed by atoms with van der Waals surface area (Å²) >= 11 is 0. The molecule has 3 aromatic rings. The summed E-state index contributed by atoms with van der Waals surface area (Å²) in [5, 5.41) is 16.9. The molecule has 1 aliphatic heterocycles. The van der Waals surface area contributed by atoms with Crippen molar-refractivity contribution in [2.45, 2.75) is 6.61 Å². The molecule has 0 bridgehead atoms. The summed E-state index contributed by atoms with van der Waals surface area (Å²) in [6.07, 6.45) is 3.51. The van der Waals surface area contributed by atoms with E-state index in [4.69, 9.17) is 4.74 Å². The summed E-state index contributed by atoms with van der Waals surface area (Å²) in [6, 6.07) is 12.4. The molecule has 0 spiro atoms. The number of aliphatic hydroxyl groups is 1. The van der Waals surface area contributed by atoms with E-state index >= 15 is 0 Å². The molecule has 2 heterocycles. The molecule has 5 N–H and O–H groups in total. The topological polar surface area (TPSA) is 133 Å². The van der Waals surface area contributed by atoms with E-state index in [1.54, 1.807) is 36.5 Å². The Balaban J connectivity index is 1.46. The van der Waals surface area contributed by atoms with Gasteiger partial charge in [-0.15, -0.1) is 0 Å². The van der Waals surface area contributed by atoms with Crippen molar-refractivity contribution >= 4 is 40.9 Å². The van der Waals surface area contributed by atoms with Gasteiger partial charge in [-0.1, -0.05) is 6.07 Å². The Bertz CT molecular complexity index is 1210. The molecule has 0 unspecified atom stereocenters. The van der Waals surface area contributed by atoms with E-state index in [-0.39, 0.29) is 18.1 Å². The van der Waals surface area contributed by atoms with E-state index in [1.165, 1.54) is 19.2 Å². The third kappa shape index (κ3) is 4.37. The SMILES string of the molecule is COc1cc(CO)cc(C(=O)NC(=O)Nc2ccc3c(c2)NC(=O)/C3=C\c2ccc[nH]2)c1. The number of H-pyrrole nitrogens is 1. The molecule has 0 saturated heterocycles. The maximum atomic E-state index is 12.4. The van der Waals surface area contributed by atoms with E-state index in [1.807, 2.05) is 12.1 Å². The number of hydrogen-bond acceptors (Lipinski definition) is 5. The average molecular weight is 432 g/mol. The van der Waals surface area contributed by atoms with Crippen LogP contribution in [-0.4, -0.2) is 35.0 Å². The summed E-state index contributed by atoms with van der Waals surface area (Å²) in [5.41, 5.74) is 3.61. The fraction of sp³-hybridized carbons (Fsp3) is 0.0870. The average Bonchev–Trinajstić information content (AvgIpc) is 3.41. The lowest BCUT2D eigenvalue weighted by Gasteiger charge is -2.10. The van der Waals surface area contributed by atoms with Crippen LogP contribution in [0.5, 0.6) is 5.75 Å². The number of rotatable bonds is 5. The number of methoxy groups -OCH3 is 1. The zero-order chi connectivity index (χ0) is 22.7. The van der Waals surface area contributed by atoms with Crippen molar-refractivity contribution < 1.29 is 24.2 Å². The zero-order valence-corrected chi connectivity index (χ0v) is 17.1. The second-order valence-corrected chi connectivity index (χ2v) is 7.03. The van der Waals surface area contributed by atoms with E-state index in [0.29, 0.717) is 33.8 Å². The van der Waals surface area contributed by atoms with Crippen LogP contribution in [0.4, 0.5) is 16.2 Å². The third-order valence-electron chi connectivity index (χ3n) is 4.86. The van der Waals surface area contributed by atoms with Gasteiger partial charge in [-0.05, 0) is 54.1 Å². The molecule has 1 aromatic heterocycles. The van der Waals surface area contributed by atoms with Crippen molar-refractivity contribution in [1.29, 1.82) is 0 Å². The minimum atomic E-state index is -0.741. The molecule has 0 aliphatic carbocycles. The number of aromatic nitrogens is 1. The first-order chi connectivity index (χ1) is 15.5. The lowest BCUT2D eigenvalue weighted by atomic mass is 10.1. The Hall–Kier alpha value is -4.37. The number of nitrogens with one attached hydrogen (secondary N) is 4. The monoisotopic (exact) mass is 432 g/mol. The summed E-state index contributed by atoms with van der Waals surface area (Å²) in [6.45, 7) is -0.273. The van der Waals surface area contributed by atoms with Crippen LogP contribution in [0.2, 0.25) is 0 Å². The molecule has 0 saturated carbocycles. The smallest absolute Gasteiger partial charge is 0.326 e. The molecule has 32 heavy (non-hydrogen) atoms. The van der Waals surface area contributed by atoms with Crippen LogP contribution < -0.4 is 20.7 Å². The fourth-order valence-corrected chi connectivity index (χ4v) is 3.34. The van der Waals surface area contributed by atoms with Gasteiger partial charge in [0, 0.05) is 28.7 Å². The number of aliphatic hydroxyl groups excluding tert-OH is 1. The number of benzene rings is 2. The minimum absolute atomic E-state index is 0.170. The molecule has 2 aromatic carbocycles. The lowest BCUT2D eigenvalue weighted by Crippen LogP contribution is -2.34. The first-order valence-electron chi connectivity index (χ1n) is 9.69. The standard InChI is InChI=1S/C23H20N4O5/c1-32-17-8-13(12-28)7-14(9-17)21(29)27-23(31)25-16-4-5-18-19(10-15-3-2-6-24-15)22(30)26-20(18)11-16/h2-11,24,28H,12H2,1H3,(H,26,30)(H2,25,27,29,31)/b19-10-. The Morgan fingerprint density at radius 3 is 2.72 bits per heavy atom. The molecular weight excluding hydrogens is 412 g/mol. The van der Waals surface area contributed by atoms with E-state index < -0.39 is 11.9 Å². The first kappa shape index (κ1) is 20.9. The predicted molar refractivity (Wildman–Crippen MR) is 119 cm³/mol. The number of imide groups is 1. The number of hydrogen-bond donors (Lipinski definition) is 5. The molecule has 9 nitrogen and oxygen atoms in total. The van der Waals surface area contributed by atoms with Crippen LogP contribution >= 0.6 is 0 Å². The fourth-order valence-electron chi connectivity index (χ4n) is 3.34. The number of carbonyl (C=O) groups is 3. The Kier molecular flexibility index (Phi) is 5.73. The van der Waals surface area contributed by atoms with Gasteiger partial charge in [-0.25, -0.2) is 4.79 Å². The van der Waals surface area contributed by atoms with Crippen molar-refractivity contribution in [1.82, 2.24) is 10.3 Å². The van der Waals surface area contributed by atoms with Gasteiger partial charge in [0.05, 0.1) is 25.0 Å². The second kappa shape index (κ2) is 8.78. The second-order valence-electron chi connectivity index (χ2n) is 7.03. The van der Waals surface area contributed by atoms with Crippen molar-refractivity contribution in [3.05, 3.63) is 77.1 Å². The maximum absolute atomic E-state index is 12.4. The molecule has 0 atom stereocenters. The van der Waals surface area contributed by atoms with Crippen LogP contribution in [0.3, 0.4) is 0 Å². The zero-order valence-electron chi connectivity index (χ0n) is 17.1. The Morgan fingerprint density at radius 2 is 2.00 bits per heavy atom. The highest BCUT2D eigenvalue weighted by atomic mass is 16.5. The van der Waals surface area contributed by atoms with Crippen LogP contribution in [-0.2, 0) is 11.4 Å². The van der Waals surface area contributed by atoms with Crippen molar-refractivity contribution in [3.8, 4) is 5.75 Å². The summed E-state index contributed by atoms with van der Waals surface area (Å²) in [5.74, 6) is -0.509. The molecule has 0 radical (unpaired) electrons. The number of anilines is 2. The number of amides is 4. The van der Waals surface area contributed by atoms with Crippen LogP contribution in [0.15, 0.2) is 54.7 Å². The van der Waals surface area contributed by atoms with Gasteiger partial charge in [0.1, 0.15) is 5.75 Å². The van der Waals surface area contributed by atoms with Crippen LogP contribution in [0.1, 0.15) is 27.2 Å². The molecule has 1 aliphatic rings. The van der Waals surface area contributed by atoms with E-state index in [2.05, 4.69) is 20.9 Å². The Morgan fingerprint density at radius 1 is 1.16 bits per heavy atom. The molecule has 4 amide bonds. The highest BCUT2D eigenvalue weighted by Gasteiger charge is 2.24. The first-order valence-corrected chi connectivity index (χ1v) is 9.69. The molecule has 0 fully saturated rings. The van der Waals surface area contributed by atoms with Crippen molar-refractivity contribution in [3.63, 3.8) is 0 Å². The number of aromatic amines is 1. The van der Waals surface area contributed by atoms with Gasteiger partial charge in [0.2, 0.25) is 0 Å². The Labute approximate surface area is 183 Å². The van der Waals surface area contributed by atoms with Crippen molar-refractivity contribution in [2.75, 3.05) is 17.7 Å². The highest BCUT2D eigenvalue weighted by Crippen LogP contribution is 2.34. The number of urea groups is 1. The number of carbonyl (C=O) groups excluding carboxylic acids is 3. The molecule has 9 heteroatoms. The largest absolute Gasteiger partial charge is 0.497 e. The number of fused-ring (bicyclic) bond motifs is 1. The van der Waals surface area contributed by atoms with Crippen LogP contribution in [0.25, 0.3) is 11.6 Å².